The van der Waals surface area contributed by atoms with Crippen molar-refractivity contribution >= 4 is 5.65 Å². The number of aromatic nitrogens is 5. The number of halogens is 2. The third-order valence-electron chi connectivity index (χ3n) is 4.50. The Balaban J connectivity index is 1.67. The van der Waals surface area contributed by atoms with E-state index < -0.39 is 17.1 Å². The van der Waals surface area contributed by atoms with Crippen molar-refractivity contribution in [3.8, 4) is 17.1 Å². The minimum absolute atomic E-state index is 0.0184. The van der Waals surface area contributed by atoms with Gasteiger partial charge in [-0.1, -0.05) is 0 Å². The van der Waals surface area contributed by atoms with Crippen LogP contribution in [0.4, 0.5) is 8.78 Å². The van der Waals surface area contributed by atoms with Crippen LogP contribution in [0.15, 0.2) is 24.4 Å². The summed E-state index contributed by atoms with van der Waals surface area (Å²) in [6.07, 6.45) is 2.31. The molecule has 4 rings (SSSR count). The Bertz CT molecular complexity index is 1000. The Hall–Kier alpha value is -2.64. The average molecular weight is 373 g/mol. The lowest BCUT2D eigenvalue weighted by Crippen LogP contribution is -2.36. The molecule has 1 fully saturated rings. The highest BCUT2D eigenvalue weighted by molar-refractivity contribution is 5.59. The molecule has 142 valence electrons. The summed E-state index contributed by atoms with van der Waals surface area (Å²) in [5.41, 5.74) is -0.0945. The van der Waals surface area contributed by atoms with E-state index in [9.17, 15) is 8.78 Å². The second-order valence-corrected chi connectivity index (χ2v) is 8.29. The van der Waals surface area contributed by atoms with Crippen molar-refractivity contribution in [2.45, 2.75) is 57.7 Å². The maximum absolute atomic E-state index is 14.4. The van der Waals surface area contributed by atoms with Gasteiger partial charge in [0.15, 0.2) is 17.3 Å². The highest BCUT2D eigenvalue weighted by Gasteiger charge is 2.43. The molecule has 0 amide bonds. The van der Waals surface area contributed by atoms with Crippen molar-refractivity contribution in [3.63, 3.8) is 0 Å². The predicted octanol–water partition coefficient (Wildman–Crippen LogP) is 4.11. The lowest BCUT2D eigenvalue weighted by molar-refractivity contribution is 0.0574. The minimum Gasteiger partial charge on any atom is -0.470 e. The van der Waals surface area contributed by atoms with Crippen LogP contribution in [-0.2, 0) is 0 Å². The van der Waals surface area contributed by atoms with E-state index in [0.717, 1.165) is 0 Å². The molecule has 0 aliphatic heterocycles. The van der Waals surface area contributed by atoms with Gasteiger partial charge in [-0.05, 0) is 58.7 Å². The molecule has 0 spiro atoms. The Morgan fingerprint density at radius 2 is 1.96 bits per heavy atom. The molecule has 0 N–H and O–H groups in total. The minimum atomic E-state index is -1.16. The summed E-state index contributed by atoms with van der Waals surface area (Å²) in [6, 6.07) is 4.83. The Morgan fingerprint density at radius 1 is 1.22 bits per heavy atom. The second-order valence-electron chi connectivity index (χ2n) is 8.29. The number of rotatable bonds is 3. The van der Waals surface area contributed by atoms with Gasteiger partial charge in [-0.3, -0.25) is 0 Å². The zero-order valence-electron chi connectivity index (χ0n) is 15.7. The van der Waals surface area contributed by atoms with Gasteiger partial charge in [-0.15, -0.1) is 10.2 Å². The van der Waals surface area contributed by atoms with Crippen molar-refractivity contribution in [3.05, 3.63) is 36.0 Å². The van der Waals surface area contributed by atoms with E-state index in [1.54, 1.807) is 23.6 Å². The normalized spacial score (nSPS) is 22.7. The molecule has 3 heterocycles. The largest absolute Gasteiger partial charge is 0.470 e. The van der Waals surface area contributed by atoms with E-state index in [-0.39, 0.29) is 11.8 Å². The van der Waals surface area contributed by atoms with Gasteiger partial charge in [0.1, 0.15) is 11.3 Å². The molecule has 0 saturated heterocycles. The third-order valence-corrected chi connectivity index (χ3v) is 4.50. The fourth-order valence-corrected chi connectivity index (χ4v) is 3.29. The van der Waals surface area contributed by atoms with Crippen molar-refractivity contribution in [1.82, 2.24) is 24.8 Å². The number of hydrogen-bond donors (Lipinski definition) is 0. The standard InChI is InChI=1S/C19H21F2N5O/c1-18(2,3)27-17-13(20)7-11(10-22-17)14-5-6-15-23-24-16(26(15)25-14)12-8-19(4,21)9-12/h5-7,10,12H,8-9H2,1-4H3. The van der Waals surface area contributed by atoms with Crippen LogP contribution < -0.4 is 4.74 Å². The Labute approximate surface area is 155 Å². The summed E-state index contributed by atoms with van der Waals surface area (Å²) in [7, 11) is 0. The van der Waals surface area contributed by atoms with Crippen molar-refractivity contribution < 1.29 is 13.5 Å². The first-order chi connectivity index (χ1) is 12.6. The molecular weight excluding hydrogens is 352 g/mol. The fourth-order valence-electron chi connectivity index (χ4n) is 3.29. The van der Waals surface area contributed by atoms with Gasteiger partial charge < -0.3 is 4.74 Å². The van der Waals surface area contributed by atoms with Crippen LogP contribution in [0.1, 0.15) is 52.3 Å². The molecule has 6 nitrogen and oxygen atoms in total. The number of nitrogens with zero attached hydrogens (tertiary/aromatic N) is 5. The van der Waals surface area contributed by atoms with Crippen LogP contribution in [-0.4, -0.2) is 36.1 Å². The monoisotopic (exact) mass is 373 g/mol. The van der Waals surface area contributed by atoms with Crippen LogP contribution in [0.25, 0.3) is 16.9 Å². The van der Waals surface area contributed by atoms with Gasteiger partial charge in [0.05, 0.1) is 5.69 Å². The first kappa shape index (κ1) is 17.8. The topological polar surface area (TPSA) is 65.2 Å². The van der Waals surface area contributed by atoms with Crippen LogP contribution in [0.5, 0.6) is 5.88 Å². The predicted molar refractivity (Wildman–Crippen MR) is 95.8 cm³/mol. The van der Waals surface area contributed by atoms with Crippen molar-refractivity contribution in [2.75, 3.05) is 0 Å². The smallest absolute Gasteiger partial charge is 0.250 e. The molecule has 0 unspecified atom stereocenters. The van der Waals surface area contributed by atoms with Crippen LogP contribution >= 0.6 is 0 Å². The zero-order chi connectivity index (χ0) is 19.4. The van der Waals surface area contributed by atoms with Crippen molar-refractivity contribution in [1.29, 1.82) is 0 Å². The molecule has 3 aromatic heterocycles. The molecule has 0 atom stereocenters. The summed E-state index contributed by atoms with van der Waals surface area (Å²) < 4.78 is 35.3. The Morgan fingerprint density at radius 3 is 2.59 bits per heavy atom. The maximum Gasteiger partial charge on any atom is 0.250 e. The molecule has 1 aliphatic rings. The van der Waals surface area contributed by atoms with Gasteiger partial charge in [-0.2, -0.15) is 9.61 Å². The highest BCUT2D eigenvalue weighted by atomic mass is 19.1. The number of fused-ring (bicyclic) bond motifs is 1. The summed E-state index contributed by atoms with van der Waals surface area (Å²) in [4.78, 5) is 4.08. The molecule has 1 aliphatic carbocycles. The van der Waals surface area contributed by atoms with E-state index in [4.69, 9.17) is 4.74 Å². The lowest BCUT2D eigenvalue weighted by atomic mass is 9.73. The number of pyridine rings is 1. The SMILES string of the molecule is CC1(F)CC(c2nnc3ccc(-c4cnc(OC(C)(C)C)c(F)c4)nn23)C1. The van der Waals surface area contributed by atoms with Gasteiger partial charge in [0.25, 0.3) is 5.88 Å². The zero-order valence-corrected chi connectivity index (χ0v) is 15.7. The third kappa shape index (κ3) is 3.48. The Kier molecular flexibility index (Phi) is 3.90. The molecule has 8 heteroatoms. The van der Waals surface area contributed by atoms with Gasteiger partial charge in [-0.25, -0.2) is 13.8 Å². The highest BCUT2D eigenvalue weighted by Crippen LogP contribution is 2.46. The summed E-state index contributed by atoms with van der Waals surface area (Å²) in [5, 5.41) is 12.8. The van der Waals surface area contributed by atoms with E-state index in [0.29, 0.717) is 35.6 Å². The second kappa shape index (κ2) is 5.94. The molecule has 0 radical (unpaired) electrons. The summed E-state index contributed by atoms with van der Waals surface area (Å²) in [6.45, 7) is 7.07. The summed E-state index contributed by atoms with van der Waals surface area (Å²) >= 11 is 0. The van der Waals surface area contributed by atoms with E-state index in [2.05, 4.69) is 20.3 Å². The number of hydrogen-bond acceptors (Lipinski definition) is 5. The fraction of sp³-hybridized carbons (Fsp3) is 0.474. The summed E-state index contributed by atoms with van der Waals surface area (Å²) in [5.74, 6) is 0.00719. The number of ether oxygens (including phenoxy) is 1. The molecule has 0 bridgehead atoms. The van der Waals surface area contributed by atoms with E-state index >= 15 is 0 Å². The molecule has 27 heavy (non-hydrogen) atoms. The van der Waals surface area contributed by atoms with Gasteiger partial charge in [0, 0.05) is 17.7 Å². The van der Waals surface area contributed by atoms with Crippen LogP contribution in [0.2, 0.25) is 0 Å². The lowest BCUT2D eigenvalue weighted by Gasteiger charge is -2.37. The first-order valence-electron chi connectivity index (χ1n) is 8.88. The van der Waals surface area contributed by atoms with Gasteiger partial charge >= 0.3 is 0 Å². The van der Waals surface area contributed by atoms with Crippen molar-refractivity contribution in [2.24, 2.45) is 0 Å². The number of alkyl halides is 1. The van der Waals surface area contributed by atoms with Crippen LogP contribution in [0, 0.1) is 5.82 Å². The molecule has 3 aromatic rings. The van der Waals surface area contributed by atoms with E-state index in [1.807, 2.05) is 20.8 Å². The average Bonchev–Trinajstić information content (AvgIpc) is 2.96. The van der Waals surface area contributed by atoms with Gasteiger partial charge in [0.2, 0.25) is 0 Å². The molecular formula is C19H21F2N5O. The first-order valence-corrected chi connectivity index (χ1v) is 8.88. The maximum atomic E-state index is 14.4. The quantitative estimate of drug-likeness (QED) is 0.691. The molecule has 0 aromatic carbocycles. The molecule has 1 saturated carbocycles. The van der Waals surface area contributed by atoms with E-state index in [1.165, 1.54) is 12.3 Å². The van der Waals surface area contributed by atoms with Crippen LogP contribution in [0.3, 0.4) is 0 Å².